The number of hydrogen-bond acceptors (Lipinski definition) is 5. The zero-order chi connectivity index (χ0) is 15.8. The lowest BCUT2D eigenvalue weighted by atomic mass is 10.2. The quantitative estimate of drug-likeness (QED) is 0.511. The third kappa shape index (κ3) is 2.51. The summed E-state index contributed by atoms with van der Waals surface area (Å²) in [5, 5.41) is 0.913. The summed E-state index contributed by atoms with van der Waals surface area (Å²) >= 11 is 3.46. The Hall–Kier alpha value is -2.60. The number of hydrogen-bond donors (Lipinski definition) is 0. The molecule has 0 atom stereocenters. The number of methoxy groups -OCH3 is 1. The Morgan fingerprint density at radius 3 is 2.57 bits per heavy atom. The van der Waals surface area contributed by atoms with E-state index in [4.69, 9.17) is 13.9 Å². The lowest BCUT2D eigenvalue weighted by Crippen LogP contribution is -1.90. The number of nitrogens with zero attached hydrogens (tertiary/aromatic N) is 2. The van der Waals surface area contributed by atoms with Gasteiger partial charge in [0.1, 0.15) is 28.9 Å². The van der Waals surface area contributed by atoms with E-state index in [9.17, 15) is 0 Å². The van der Waals surface area contributed by atoms with Crippen LogP contribution in [0.3, 0.4) is 0 Å². The average Bonchev–Trinajstić information content (AvgIpc) is 2.95. The van der Waals surface area contributed by atoms with Gasteiger partial charge in [0, 0.05) is 9.86 Å². The molecule has 6 heteroatoms. The molecule has 0 aliphatic rings. The highest BCUT2D eigenvalue weighted by Crippen LogP contribution is 2.35. The number of ether oxygens (including phenoxy) is 2. The molecule has 0 spiro atoms. The second-order valence-corrected chi connectivity index (χ2v) is 5.79. The molecule has 114 valence electrons. The standard InChI is InChI=1S/C17H11BrN2O3/c1-21-11-3-5-12(6-4-11)22-17-16-15(19-9-20-17)13-8-10(18)2-7-14(13)23-16/h2-9H,1H3. The zero-order valence-electron chi connectivity index (χ0n) is 12.1. The first-order valence-electron chi connectivity index (χ1n) is 6.89. The number of halogens is 1. The highest BCUT2D eigenvalue weighted by Gasteiger charge is 2.15. The normalized spacial score (nSPS) is 11.0. The van der Waals surface area contributed by atoms with Crippen LogP contribution in [0.4, 0.5) is 0 Å². The van der Waals surface area contributed by atoms with Crippen LogP contribution in [0.5, 0.6) is 17.4 Å². The lowest BCUT2D eigenvalue weighted by Gasteiger charge is -2.05. The van der Waals surface area contributed by atoms with Gasteiger partial charge in [-0.15, -0.1) is 0 Å². The van der Waals surface area contributed by atoms with E-state index in [-0.39, 0.29) is 0 Å². The molecule has 0 aliphatic heterocycles. The van der Waals surface area contributed by atoms with Crippen molar-refractivity contribution in [2.75, 3.05) is 7.11 Å². The maximum atomic E-state index is 5.86. The molecule has 2 heterocycles. The molecule has 0 saturated carbocycles. The minimum absolute atomic E-state index is 0.382. The minimum Gasteiger partial charge on any atom is -0.497 e. The third-order valence-corrected chi connectivity index (χ3v) is 3.95. The molecular weight excluding hydrogens is 360 g/mol. The van der Waals surface area contributed by atoms with Crippen LogP contribution in [0.25, 0.3) is 22.1 Å². The Morgan fingerprint density at radius 2 is 1.78 bits per heavy atom. The number of rotatable bonds is 3. The summed E-state index contributed by atoms with van der Waals surface area (Å²) in [5.41, 5.74) is 1.99. The molecule has 0 amide bonds. The Morgan fingerprint density at radius 1 is 1.00 bits per heavy atom. The Bertz CT molecular complexity index is 996. The fourth-order valence-corrected chi connectivity index (χ4v) is 2.72. The summed E-state index contributed by atoms with van der Waals surface area (Å²) in [5.74, 6) is 1.79. The third-order valence-electron chi connectivity index (χ3n) is 3.45. The van der Waals surface area contributed by atoms with Crippen molar-refractivity contribution < 1.29 is 13.9 Å². The highest BCUT2D eigenvalue weighted by molar-refractivity contribution is 9.10. The minimum atomic E-state index is 0.382. The molecule has 23 heavy (non-hydrogen) atoms. The summed E-state index contributed by atoms with van der Waals surface area (Å²) in [6.07, 6.45) is 1.47. The van der Waals surface area contributed by atoms with Crippen molar-refractivity contribution in [3.63, 3.8) is 0 Å². The maximum absolute atomic E-state index is 5.86. The van der Waals surface area contributed by atoms with Crippen LogP contribution in [0.1, 0.15) is 0 Å². The van der Waals surface area contributed by atoms with E-state index in [0.717, 1.165) is 26.7 Å². The number of benzene rings is 2. The van der Waals surface area contributed by atoms with Crippen LogP contribution in [0.2, 0.25) is 0 Å². The molecule has 2 aromatic heterocycles. The van der Waals surface area contributed by atoms with Gasteiger partial charge in [-0.1, -0.05) is 15.9 Å². The Labute approximate surface area is 140 Å². The first-order valence-corrected chi connectivity index (χ1v) is 7.68. The first kappa shape index (κ1) is 14.0. The maximum Gasteiger partial charge on any atom is 0.267 e. The van der Waals surface area contributed by atoms with Gasteiger partial charge in [-0.2, -0.15) is 4.98 Å². The molecule has 0 radical (unpaired) electrons. The van der Waals surface area contributed by atoms with Gasteiger partial charge in [0.05, 0.1) is 7.11 Å². The summed E-state index contributed by atoms with van der Waals surface area (Å²) < 4.78 is 17.8. The van der Waals surface area contributed by atoms with Crippen molar-refractivity contribution in [2.24, 2.45) is 0 Å². The SMILES string of the molecule is COc1ccc(Oc2ncnc3c2oc2ccc(Br)cc23)cc1. The molecule has 4 aromatic rings. The van der Waals surface area contributed by atoms with Crippen molar-refractivity contribution in [2.45, 2.75) is 0 Å². The predicted molar refractivity (Wildman–Crippen MR) is 90.1 cm³/mol. The Balaban J connectivity index is 1.81. The van der Waals surface area contributed by atoms with Crippen molar-refractivity contribution in [1.29, 1.82) is 0 Å². The smallest absolute Gasteiger partial charge is 0.267 e. The molecule has 0 saturated heterocycles. The van der Waals surface area contributed by atoms with Crippen molar-refractivity contribution in [1.82, 2.24) is 9.97 Å². The average molecular weight is 371 g/mol. The van der Waals surface area contributed by atoms with Gasteiger partial charge in [-0.25, -0.2) is 4.98 Å². The fourth-order valence-electron chi connectivity index (χ4n) is 2.36. The van der Waals surface area contributed by atoms with Gasteiger partial charge in [0.2, 0.25) is 5.58 Å². The van der Waals surface area contributed by atoms with Crippen LogP contribution in [-0.2, 0) is 0 Å². The van der Waals surface area contributed by atoms with E-state index in [2.05, 4.69) is 25.9 Å². The molecule has 4 rings (SSSR count). The van der Waals surface area contributed by atoms with Gasteiger partial charge in [0.15, 0.2) is 0 Å². The van der Waals surface area contributed by atoms with E-state index >= 15 is 0 Å². The van der Waals surface area contributed by atoms with E-state index in [1.807, 2.05) is 42.5 Å². The summed E-state index contributed by atoms with van der Waals surface area (Å²) in [6, 6.07) is 13.0. The fraction of sp³-hybridized carbons (Fsp3) is 0.0588. The molecule has 5 nitrogen and oxygen atoms in total. The second kappa shape index (κ2) is 5.55. The van der Waals surface area contributed by atoms with Crippen LogP contribution in [-0.4, -0.2) is 17.1 Å². The van der Waals surface area contributed by atoms with Crippen LogP contribution < -0.4 is 9.47 Å². The topological polar surface area (TPSA) is 57.4 Å². The van der Waals surface area contributed by atoms with Crippen LogP contribution in [0.15, 0.2) is 57.7 Å². The largest absolute Gasteiger partial charge is 0.497 e. The van der Waals surface area contributed by atoms with Crippen molar-refractivity contribution >= 4 is 38.0 Å². The van der Waals surface area contributed by atoms with E-state index in [1.54, 1.807) is 7.11 Å². The first-order chi connectivity index (χ1) is 11.2. The van der Waals surface area contributed by atoms with E-state index in [1.165, 1.54) is 6.33 Å². The summed E-state index contributed by atoms with van der Waals surface area (Å²) in [7, 11) is 1.62. The van der Waals surface area contributed by atoms with E-state index < -0.39 is 0 Å². The van der Waals surface area contributed by atoms with Gasteiger partial charge in [-0.05, 0) is 42.5 Å². The number of fused-ring (bicyclic) bond motifs is 3. The van der Waals surface area contributed by atoms with Crippen molar-refractivity contribution in [3.8, 4) is 17.4 Å². The molecule has 0 bridgehead atoms. The van der Waals surface area contributed by atoms with Gasteiger partial charge in [0.25, 0.3) is 5.88 Å². The molecule has 0 unspecified atom stereocenters. The lowest BCUT2D eigenvalue weighted by molar-refractivity contribution is 0.412. The van der Waals surface area contributed by atoms with E-state index in [0.29, 0.717) is 17.2 Å². The Kier molecular flexibility index (Phi) is 3.38. The number of furan rings is 1. The summed E-state index contributed by atoms with van der Waals surface area (Å²) in [6.45, 7) is 0. The molecule has 0 fully saturated rings. The molecule has 0 N–H and O–H groups in total. The predicted octanol–water partition coefficient (Wildman–Crippen LogP) is 4.94. The van der Waals surface area contributed by atoms with Crippen molar-refractivity contribution in [3.05, 3.63) is 53.3 Å². The molecule has 2 aromatic carbocycles. The van der Waals surface area contributed by atoms with Crippen LogP contribution in [0, 0.1) is 0 Å². The van der Waals surface area contributed by atoms with Gasteiger partial charge >= 0.3 is 0 Å². The number of aromatic nitrogens is 2. The molecular formula is C17H11BrN2O3. The highest BCUT2D eigenvalue weighted by atomic mass is 79.9. The second-order valence-electron chi connectivity index (χ2n) is 4.88. The monoisotopic (exact) mass is 370 g/mol. The zero-order valence-corrected chi connectivity index (χ0v) is 13.7. The molecule has 0 aliphatic carbocycles. The van der Waals surface area contributed by atoms with Gasteiger partial charge in [-0.3, -0.25) is 0 Å². The van der Waals surface area contributed by atoms with Crippen LogP contribution >= 0.6 is 15.9 Å². The van der Waals surface area contributed by atoms with Gasteiger partial charge < -0.3 is 13.9 Å². The summed E-state index contributed by atoms with van der Waals surface area (Å²) in [4.78, 5) is 8.51.